The summed E-state index contributed by atoms with van der Waals surface area (Å²) in [5.74, 6) is -0.683. The molecule has 0 fully saturated rings. The highest BCUT2D eigenvalue weighted by Crippen LogP contribution is 2.52. The number of ketones is 1. The van der Waals surface area contributed by atoms with Crippen LogP contribution in [0.4, 0.5) is 17.1 Å². The summed E-state index contributed by atoms with van der Waals surface area (Å²) in [6.07, 6.45) is 16.3. The summed E-state index contributed by atoms with van der Waals surface area (Å²) in [6.45, 7) is 23.1. The summed E-state index contributed by atoms with van der Waals surface area (Å²) in [4.78, 5) is 30.2. The molecule has 0 unspecified atom stereocenters. The second-order valence-corrected chi connectivity index (χ2v) is 33.9. The molecule has 578 valence electrons. The SMILES string of the molecule is Cc1nn(-c2ccc(C(=O)N(C)C)c(NCCCOCCOCCOCCOCCOCCCNCc3ccc(C4=C(/C=C/C5=[N+](CCCCS(=O)(=O)[O-])c6c(ccc7ccccc67)C5(C)C)CCC/C4=C\C=C4\N(CCCCS(=O)(=O)O)c5ccc6ccccc6c5C4(C)C)cc3)c2)c2c1C(=O)CC(C)(C)C2. The number of rotatable bonds is 39. The van der Waals surface area contributed by atoms with Gasteiger partial charge >= 0.3 is 0 Å². The normalized spacial score (nSPS) is 17.0. The fourth-order valence-corrected chi connectivity index (χ4v) is 17.0. The summed E-state index contributed by atoms with van der Waals surface area (Å²) < 4.78 is 102. The van der Waals surface area contributed by atoms with Crippen molar-refractivity contribution in [1.82, 2.24) is 20.0 Å². The monoisotopic (exact) mass is 1510 g/mol. The van der Waals surface area contributed by atoms with Gasteiger partial charge in [0.1, 0.15) is 6.54 Å². The first-order valence-corrected chi connectivity index (χ1v) is 41.5. The van der Waals surface area contributed by atoms with Gasteiger partial charge in [0.25, 0.3) is 16.0 Å². The molecule has 6 aromatic carbocycles. The molecule has 1 amide bonds. The molecule has 0 saturated carbocycles. The van der Waals surface area contributed by atoms with Crippen LogP contribution in [0.3, 0.4) is 0 Å². The highest BCUT2D eigenvalue weighted by molar-refractivity contribution is 7.85. The maximum Gasteiger partial charge on any atom is 0.264 e. The average Bonchev–Trinajstić information content (AvgIpc) is 1.58. The van der Waals surface area contributed by atoms with E-state index in [4.69, 9.17) is 28.8 Å². The predicted molar refractivity (Wildman–Crippen MR) is 429 cm³/mol. The summed E-state index contributed by atoms with van der Waals surface area (Å²) in [7, 11) is -5.00. The molecule has 11 rings (SSSR count). The Morgan fingerprint density at radius 3 is 1.98 bits per heavy atom. The average molecular weight is 1510 g/mol. The molecule has 7 aromatic rings. The molecule has 4 aliphatic rings. The molecule has 0 radical (unpaired) electrons. The van der Waals surface area contributed by atoms with Crippen molar-refractivity contribution in [3.05, 3.63) is 201 Å². The van der Waals surface area contributed by atoms with Gasteiger partial charge in [0.05, 0.1) is 108 Å². The van der Waals surface area contributed by atoms with Crippen molar-refractivity contribution in [3.8, 4) is 5.69 Å². The zero-order valence-electron chi connectivity index (χ0n) is 64.5. The van der Waals surface area contributed by atoms with Crippen LogP contribution in [-0.4, -0.2) is 180 Å². The number of ether oxygens (including phenoxy) is 5. The molecule has 20 nitrogen and oxygen atoms in total. The van der Waals surface area contributed by atoms with Crippen LogP contribution in [-0.2, 0) is 67.7 Å². The maximum atomic E-state index is 13.2. The second-order valence-electron chi connectivity index (χ2n) is 30.9. The number of amides is 1. The first kappa shape index (κ1) is 81.0. The van der Waals surface area contributed by atoms with Gasteiger partial charge in [-0.3, -0.25) is 14.1 Å². The smallest absolute Gasteiger partial charge is 0.264 e. The van der Waals surface area contributed by atoms with E-state index >= 15 is 0 Å². The number of carbonyl (C=O) groups is 2. The van der Waals surface area contributed by atoms with Gasteiger partial charge < -0.3 is 48.7 Å². The van der Waals surface area contributed by atoms with Crippen molar-refractivity contribution in [3.63, 3.8) is 0 Å². The molecule has 22 heteroatoms. The van der Waals surface area contributed by atoms with E-state index in [1.807, 2.05) is 35.9 Å². The van der Waals surface area contributed by atoms with Crippen LogP contribution in [0.15, 0.2) is 156 Å². The highest BCUT2D eigenvalue weighted by Gasteiger charge is 2.46. The zero-order valence-corrected chi connectivity index (χ0v) is 66.1. The Hall–Kier alpha value is -8.00. The Kier molecular flexibility index (Phi) is 27.2. The Labute approximate surface area is 638 Å². The number of benzene rings is 6. The third kappa shape index (κ3) is 20.1. The number of fused-ring (bicyclic) bond motifs is 7. The van der Waals surface area contributed by atoms with Gasteiger partial charge in [0.2, 0.25) is 5.69 Å². The largest absolute Gasteiger partial charge is 0.748 e. The van der Waals surface area contributed by atoms with E-state index in [1.54, 1.807) is 19.0 Å². The summed E-state index contributed by atoms with van der Waals surface area (Å²) in [6, 6.07) is 40.1. The van der Waals surface area contributed by atoms with Crippen LogP contribution in [0.2, 0.25) is 0 Å². The lowest BCUT2D eigenvalue weighted by atomic mass is 9.75. The predicted octanol–water partition coefficient (Wildman–Crippen LogP) is 14.6. The number of Topliss-reactive ketones (excluding diaryl/α,β-unsaturated/α-hetero) is 1. The van der Waals surface area contributed by atoms with E-state index in [0.29, 0.717) is 141 Å². The van der Waals surface area contributed by atoms with Gasteiger partial charge in [0, 0.05) is 99.7 Å². The van der Waals surface area contributed by atoms with E-state index < -0.39 is 36.8 Å². The van der Waals surface area contributed by atoms with Gasteiger partial charge in [-0.05, 0) is 176 Å². The third-order valence-corrected chi connectivity index (χ3v) is 22.7. The minimum atomic E-state index is -4.36. The Morgan fingerprint density at radius 2 is 1.31 bits per heavy atom. The van der Waals surface area contributed by atoms with Crippen molar-refractivity contribution in [2.24, 2.45) is 5.41 Å². The minimum Gasteiger partial charge on any atom is -0.748 e. The van der Waals surface area contributed by atoms with Gasteiger partial charge in [-0.2, -0.15) is 18.1 Å². The lowest BCUT2D eigenvalue weighted by molar-refractivity contribution is -0.436. The number of aryl methyl sites for hydroxylation is 1. The van der Waals surface area contributed by atoms with Gasteiger partial charge in [-0.1, -0.05) is 125 Å². The van der Waals surface area contributed by atoms with Gasteiger partial charge in [-0.15, -0.1) is 0 Å². The van der Waals surface area contributed by atoms with Gasteiger partial charge in [0.15, 0.2) is 11.5 Å². The van der Waals surface area contributed by atoms with E-state index in [2.05, 4.69) is 177 Å². The Balaban J connectivity index is 0.652. The van der Waals surface area contributed by atoms with Crippen LogP contribution < -0.4 is 15.5 Å². The number of carbonyl (C=O) groups excluding carboxylic acids is 2. The lowest BCUT2D eigenvalue weighted by Crippen LogP contribution is -2.28. The molecule has 2 aliphatic heterocycles. The number of hydrogen-bond acceptors (Lipinski definition) is 16. The number of nitrogens with one attached hydrogen (secondary N) is 2. The molecule has 0 atom stereocenters. The van der Waals surface area contributed by atoms with Crippen molar-refractivity contribution in [2.45, 2.75) is 136 Å². The van der Waals surface area contributed by atoms with E-state index in [-0.39, 0.29) is 29.3 Å². The molecule has 3 heterocycles. The van der Waals surface area contributed by atoms with E-state index in [0.717, 1.165) is 106 Å². The molecular formula is C86H109N7O13S2. The molecule has 0 saturated heterocycles. The Morgan fingerprint density at radius 1 is 0.685 bits per heavy atom. The fraction of sp³-hybridized carbons (Fsp3) is 0.465. The number of allylic oxidation sites excluding steroid dienone is 8. The maximum absolute atomic E-state index is 13.2. The molecule has 108 heavy (non-hydrogen) atoms. The van der Waals surface area contributed by atoms with Crippen LogP contribution >= 0.6 is 0 Å². The van der Waals surface area contributed by atoms with Crippen LogP contribution in [0, 0.1) is 12.3 Å². The van der Waals surface area contributed by atoms with E-state index in [1.165, 1.54) is 33.2 Å². The lowest BCUT2D eigenvalue weighted by Gasteiger charge is -2.29. The summed E-state index contributed by atoms with van der Waals surface area (Å²) >= 11 is 0. The van der Waals surface area contributed by atoms with Crippen LogP contribution in [0.1, 0.15) is 160 Å². The third-order valence-electron chi connectivity index (χ3n) is 21.1. The zero-order chi connectivity index (χ0) is 76.8. The molecular weight excluding hydrogens is 1400 g/mol. The molecule has 1 aromatic heterocycles. The molecule has 2 aliphatic carbocycles. The number of unbranched alkanes of at least 4 members (excludes halogenated alkanes) is 2. The van der Waals surface area contributed by atoms with Crippen molar-refractivity contribution in [2.75, 3.05) is 128 Å². The Bertz CT molecular complexity index is 4780. The highest BCUT2D eigenvalue weighted by atomic mass is 32.2. The summed E-state index contributed by atoms with van der Waals surface area (Å²) in [5.41, 5.74) is 16.1. The second kappa shape index (κ2) is 36.2. The molecule has 3 N–H and O–H groups in total. The number of hydrogen-bond donors (Lipinski definition) is 3. The van der Waals surface area contributed by atoms with Crippen LogP contribution in [0.5, 0.6) is 0 Å². The van der Waals surface area contributed by atoms with Crippen molar-refractivity contribution < 1.29 is 63.8 Å². The number of aromatic nitrogens is 2. The minimum absolute atomic E-state index is 0.110. The summed E-state index contributed by atoms with van der Waals surface area (Å²) in [5, 5.41) is 16.4. The van der Waals surface area contributed by atoms with Gasteiger partial charge in [-0.25, -0.2) is 13.1 Å². The number of nitrogens with zero attached hydrogens (tertiary/aromatic N) is 5. The first-order valence-electron chi connectivity index (χ1n) is 38.3. The van der Waals surface area contributed by atoms with Crippen molar-refractivity contribution >= 4 is 81.8 Å². The van der Waals surface area contributed by atoms with Crippen LogP contribution in [0.25, 0.3) is 32.8 Å². The number of anilines is 2. The topological polar surface area (TPSA) is 243 Å². The molecule has 0 spiro atoms. The first-order chi connectivity index (χ1) is 51.7. The fourth-order valence-electron chi connectivity index (χ4n) is 15.8. The molecule has 0 bridgehead atoms. The standard InChI is InChI=1S/C86H109N7O13S2/c1-61-79-75(58-84(2,3)59-76(79)94)93(89-61)68-35-36-71(83(95)90(8)9)73(57-68)88-42-20-46-103-48-50-105-52-54-106-53-51-104-49-47-102-45-19-41-87-60-62-27-29-67(30-28-62)80-65(33-39-77-85(4,5)72-37-31-64-22-11-13-26-70(64)82(72)92(77)44-15-17-56-108(99,100)101)23-18-24-66(80)34-40-78-86(6,7)81-69-25-12-10-21-63(69)32-38-74(81)91(78)43-14-16-55-107(96,97)98/h10-13,21-22,25-40,57,87H,14-20,23-24,41-56,58-60H2,1-9H3,(H2-,88,95,96,97,98,99,100,101). The van der Waals surface area contributed by atoms with E-state index in [9.17, 15) is 35.5 Å². The van der Waals surface area contributed by atoms with Crippen molar-refractivity contribution in [1.29, 1.82) is 0 Å². The quantitative estimate of drug-likeness (QED) is 0.0184.